The molecule has 0 aromatic heterocycles. The third kappa shape index (κ3) is 5.72. The molecule has 0 aliphatic carbocycles. The number of halogens is 6. The van der Waals surface area contributed by atoms with Crippen LogP contribution in [0.3, 0.4) is 0 Å². The van der Waals surface area contributed by atoms with Gasteiger partial charge in [0.05, 0.1) is 7.11 Å². The van der Waals surface area contributed by atoms with Crippen LogP contribution in [0.15, 0.2) is 46.7 Å². The van der Waals surface area contributed by atoms with E-state index in [1.54, 1.807) is 0 Å². The Hall–Kier alpha value is -2.61. The van der Waals surface area contributed by atoms with Crippen LogP contribution in [0.4, 0.5) is 26.3 Å². The van der Waals surface area contributed by atoms with Crippen molar-refractivity contribution < 1.29 is 52.7 Å². The lowest BCUT2D eigenvalue weighted by atomic mass is 10.1. The van der Waals surface area contributed by atoms with Crippen LogP contribution < -0.4 is 0 Å². The molecule has 0 radical (unpaired) electrons. The van der Waals surface area contributed by atoms with Crippen LogP contribution in [-0.4, -0.2) is 40.9 Å². The van der Waals surface area contributed by atoms with E-state index in [4.69, 9.17) is 0 Å². The average Bonchev–Trinajstić information content (AvgIpc) is 2.61. The maximum atomic E-state index is 12.7. The average molecular weight is 478 g/mol. The summed E-state index contributed by atoms with van der Waals surface area (Å²) in [7, 11) is -12.6. The SMILES string of the molecule is COC(=O)/C=C/c1ccccc1/C=C/C=C(S(=O)(=O)C(F)(F)F)S(=O)(=O)C(F)(F)F. The van der Waals surface area contributed by atoms with Crippen molar-refractivity contribution in [2.24, 2.45) is 0 Å². The summed E-state index contributed by atoms with van der Waals surface area (Å²) in [6.07, 6.45) is 3.11. The van der Waals surface area contributed by atoms with Gasteiger partial charge in [-0.3, -0.25) is 0 Å². The lowest BCUT2D eigenvalue weighted by molar-refractivity contribution is -0.134. The van der Waals surface area contributed by atoms with E-state index in [9.17, 15) is 48.0 Å². The van der Waals surface area contributed by atoms with Gasteiger partial charge in [0.2, 0.25) is 0 Å². The molecule has 0 fully saturated rings. The monoisotopic (exact) mass is 478 g/mol. The summed E-state index contributed by atoms with van der Waals surface area (Å²) in [4.78, 5) is 11.1. The molecule has 0 saturated heterocycles. The number of carbonyl (C=O) groups excluding carboxylic acids is 1. The van der Waals surface area contributed by atoms with Gasteiger partial charge in [-0.25, -0.2) is 21.6 Å². The molecule has 14 heteroatoms. The first-order valence-corrected chi connectivity index (χ1v) is 10.4. The van der Waals surface area contributed by atoms with Crippen molar-refractivity contribution in [3.05, 3.63) is 57.9 Å². The summed E-state index contributed by atoms with van der Waals surface area (Å²) in [6.45, 7) is 0. The molecule has 0 aliphatic heterocycles. The molecule has 0 N–H and O–H groups in total. The van der Waals surface area contributed by atoms with E-state index in [0.29, 0.717) is 6.08 Å². The molecule has 1 aromatic carbocycles. The molecule has 0 atom stereocenters. The highest BCUT2D eigenvalue weighted by atomic mass is 32.3. The second-order valence-corrected chi connectivity index (χ2v) is 9.31. The Morgan fingerprint density at radius 1 is 0.867 bits per heavy atom. The predicted octanol–water partition coefficient (Wildman–Crippen LogP) is 3.60. The van der Waals surface area contributed by atoms with Gasteiger partial charge in [0.1, 0.15) is 0 Å². The zero-order valence-electron chi connectivity index (χ0n) is 14.7. The van der Waals surface area contributed by atoms with Crippen molar-refractivity contribution in [3.8, 4) is 0 Å². The number of allylic oxidation sites excluding steroid dienone is 2. The normalized spacial score (nSPS) is 13.6. The molecule has 0 spiro atoms. The number of esters is 1. The molecule has 0 aliphatic rings. The van der Waals surface area contributed by atoms with E-state index in [1.165, 1.54) is 30.3 Å². The number of ether oxygens (including phenoxy) is 1. The van der Waals surface area contributed by atoms with Crippen molar-refractivity contribution in [2.45, 2.75) is 11.0 Å². The molecule has 0 unspecified atom stereocenters. The van der Waals surface area contributed by atoms with Crippen LogP contribution in [0.2, 0.25) is 0 Å². The van der Waals surface area contributed by atoms with Gasteiger partial charge < -0.3 is 4.74 Å². The van der Waals surface area contributed by atoms with Crippen molar-refractivity contribution in [3.63, 3.8) is 0 Å². The second kappa shape index (κ2) is 9.04. The highest BCUT2D eigenvalue weighted by Crippen LogP contribution is 2.38. The zero-order chi connectivity index (χ0) is 23.4. The first-order chi connectivity index (χ1) is 13.6. The van der Waals surface area contributed by atoms with Gasteiger partial charge in [0, 0.05) is 6.08 Å². The van der Waals surface area contributed by atoms with E-state index in [0.717, 1.165) is 19.3 Å². The molecule has 0 amide bonds. The number of hydrogen-bond acceptors (Lipinski definition) is 6. The molecule has 6 nitrogen and oxygen atoms in total. The van der Waals surface area contributed by atoms with Gasteiger partial charge >= 0.3 is 17.0 Å². The summed E-state index contributed by atoms with van der Waals surface area (Å²) in [6, 6.07) is 5.62. The first kappa shape index (κ1) is 25.4. The second-order valence-electron chi connectivity index (χ2n) is 5.23. The topological polar surface area (TPSA) is 94.6 Å². The molecular formula is C16H12F6O6S2. The van der Waals surface area contributed by atoms with E-state index in [1.807, 2.05) is 0 Å². The summed E-state index contributed by atoms with van der Waals surface area (Å²) >= 11 is 0. The van der Waals surface area contributed by atoms with Crippen LogP contribution >= 0.6 is 0 Å². The smallest absolute Gasteiger partial charge is 0.466 e. The lowest BCUT2D eigenvalue weighted by Gasteiger charge is -2.13. The summed E-state index contributed by atoms with van der Waals surface area (Å²) in [5, 5.41) is 0. The van der Waals surface area contributed by atoms with Crippen LogP contribution in [-0.2, 0) is 29.2 Å². The summed E-state index contributed by atoms with van der Waals surface area (Å²) in [5.41, 5.74) is -12.2. The molecule has 0 bridgehead atoms. The van der Waals surface area contributed by atoms with Crippen molar-refractivity contribution in [1.82, 2.24) is 0 Å². The van der Waals surface area contributed by atoms with Crippen molar-refractivity contribution >= 4 is 37.8 Å². The molecule has 1 rings (SSSR count). The van der Waals surface area contributed by atoms with Gasteiger partial charge in [-0.05, 0) is 23.3 Å². The highest BCUT2D eigenvalue weighted by molar-refractivity contribution is 8.15. The van der Waals surface area contributed by atoms with Gasteiger partial charge in [0.15, 0.2) is 4.24 Å². The lowest BCUT2D eigenvalue weighted by Crippen LogP contribution is -2.34. The minimum atomic E-state index is -6.84. The van der Waals surface area contributed by atoms with E-state index < -0.39 is 40.9 Å². The van der Waals surface area contributed by atoms with Gasteiger partial charge in [-0.1, -0.05) is 36.4 Å². The van der Waals surface area contributed by atoms with Crippen molar-refractivity contribution in [1.29, 1.82) is 0 Å². The Balaban J connectivity index is 3.56. The van der Waals surface area contributed by atoms with Crippen LogP contribution in [0.25, 0.3) is 12.2 Å². The molecule has 1 aromatic rings. The van der Waals surface area contributed by atoms with E-state index in [-0.39, 0.29) is 17.2 Å². The number of hydrogen-bond donors (Lipinski definition) is 0. The molecule has 30 heavy (non-hydrogen) atoms. The van der Waals surface area contributed by atoms with Crippen LogP contribution in [0, 0.1) is 0 Å². The molecule has 0 heterocycles. The number of rotatable bonds is 6. The van der Waals surface area contributed by atoms with Gasteiger partial charge in [0.25, 0.3) is 19.7 Å². The third-order valence-electron chi connectivity index (χ3n) is 3.24. The fourth-order valence-electron chi connectivity index (χ4n) is 1.82. The predicted molar refractivity (Wildman–Crippen MR) is 94.6 cm³/mol. The quantitative estimate of drug-likeness (QED) is 0.269. The highest BCUT2D eigenvalue weighted by Gasteiger charge is 2.59. The Morgan fingerprint density at radius 3 is 1.70 bits per heavy atom. The van der Waals surface area contributed by atoms with Gasteiger partial charge in [-0.2, -0.15) is 26.3 Å². The minimum absolute atomic E-state index is 0.113. The third-order valence-corrected chi connectivity index (χ3v) is 7.11. The number of benzene rings is 1. The number of methoxy groups -OCH3 is 1. The number of sulfone groups is 2. The molecule has 166 valence electrons. The van der Waals surface area contributed by atoms with Crippen molar-refractivity contribution in [2.75, 3.05) is 7.11 Å². The zero-order valence-corrected chi connectivity index (χ0v) is 16.4. The number of alkyl halides is 6. The summed E-state index contributed by atoms with van der Waals surface area (Å²) in [5.74, 6) is -0.761. The maximum Gasteiger partial charge on any atom is 0.502 e. The molecule has 0 saturated carbocycles. The Bertz CT molecular complexity index is 1050. The van der Waals surface area contributed by atoms with E-state index in [2.05, 4.69) is 4.74 Å². The van der Waals surface area contributed by atoms with Gasteiger partial charge in [-0.15, -0.1) is 0 Å². The minimum Gasteiger partial charge on any atom is -0.466 e. The Morgan fingerprint density at radius 2 is 1.30 bits per heavy atom. The fourth-order valence-corrected chi connectivity index (χ4v) is 4.52. The van der Waals surface area contributed by atoms with Crippen LogP contribution in [0.1, 0.15) is 11.1 Å². The largest absolute Gasteiger partial charge is 0.502 e. The summed E-state index contributed by atoms with van der Waals surface area (Å²) < 4.78 is 123. The number of carbonyl (C=O) groups is 1. The van der Waals surface area contributed by atoms with Crippen LogP contribution in [0.5, 0.6) is 0 Å². The molecular weight excluding hydrogens is 466 g/mol. The first-order valence-electron chi connectivity index (χ1n) is 7.42. The fraction of sp³-hybridized carbons (Fsp3) is 0.188. The van der Waals surface area contributed by atoms with E-state index >= 15 is 0 Å². The maximum absolute atomic E-state index is 12.7. The Labute approximate surface area is 167 Å². The standard InChI is InChI=1S/C16H12F6O6S2/c1-28-13(23)10-9-12-6-3-2-5-11(12)7-4-8-14(29(24,25)15(17,18)19)30(26,27)16(20,21)22/h2-10H,1H3/b7-4+,10-9+. The Kier molecular flexibility index (Phi) is 7.66.